The number of aromatic hydroxyl groups is 2. The Labute approximate surface area is 115 Å². The highest BCUT2D eigenvalue weighted by Gasteiger charge is 2.23. The minimum absolute atomic E-state index is 0.0967. The molecule has 0 unspecified atom stereocenters. The van der Waals surface area contributed by atoms with Crippen LogP contribution in [0.3, 0.4) is 0 Å². The molecular formula is C9H5Cl3N2O2S. The maximum absolute atomic E-state index is 9.87. The van der Waals surface area contributed by atoms with Gasteiger partial charge in [-0.15, -0.1) is 0 Å². The van der Waals surface area contributed by atoms with Gasteiger partial charge in [0.1, 0.15) is 15.8 Å². The number of hydrogen-bond acceptors (Lipinski definition) is 5. The molecule has 0 saturated carbocycles. The molecule has 2 rings (SSSR count). The standard InChI is InChI=1S/C9H5Cl3N2O2S/c10-4-3(2-1-14-9(13)17-2)7(15)5(11)6(12)8(4)16/h1,15-16H,(H2,13,14). The van der Waals surface area contributed by atoms with Crippen LogP contribution in [0.15, 0.2) is 6.20 Å². The number of nitrogen functional groups attached to an aromatic ring is 1. The maximum atomic E-state index is 9.87. The number of benzene rings is 1. The van der Waals surface area contributed by atoms with Gasteiger partial charge < -0.3 is 15.9 Å². The second kappa shape index (κ2) is 4.42. The van der Waals surface area contributed by atoms with Crippen molar-refractivity contribution >= 4 is 51.3 Å². The second-order valence-corrected chi connectivity index (χ2v) is 5.27. The molecular weight excluding hydrogens is 307 g/mol. The highest BCUT2D eigenvalue weighted by molar-refractivity contribution is 7.18. The molecule has 0 spiro atoms. The van der Waals surface area contributed by atoms with E-state index >= 15 is 0 Å². The molecule has 0 bridgehead atoms. The summed E-state index contributed by atoms with van der Waals surface area (Å²) in [4.78, 5) is 4.31. The molecule has 0 saturated heterocycles. The quantitative estimate of drug-likeness (QED) is 0.553. The molecule has 8 heteroatoms. The first-order valence-electron chi connectivity index (χ1n) is 4.23. The summed E-state index contributed by atoms with van der Waals surface area (Å²) in [7, 11) is 0. The number of phenols is 2. The van der Waals surface area contributed by atoms with Crippen LogP contribution in [0.2, 0.25) is 15.1 Å². The number of nitrogens with zero attached hydrogens (tertiary/aromatic N) is 1. The summed E-state index contributed by atoms with van der Waals surface area (Å²) in [5, 5.41) is 19.4. The number of hydrogen-bond donors (Lipinski definition) is 3. The predicted octanol–water partition coefficient (Wildman–Crippen LogP) is 3.76. The number of aromatic nitrogens is 1. The maximum Gasteiger partial charge on any atom is 0.180 e. The first kappa shape index (κ1) is 12.6. The molecule has 0 aliphatic heterocycles. The zero-order valence-electron chi connectivity index (χ0n) is 8.04. The summed E-state index contributed by atoms with van der Waals surface area (Å²) in [6.45, 7) is 0. The van der Waals surface area contributed by atoms with Crippen LogP contribution >= 0.6 is 46.1 Å². The van der Waals surface area contributed by atoms with E-state index in [-0.39, 0.29) is 26.4 Å². The van der Waals surface area contributed by atoms with Crippen molar-refractivity contribution in [2.75, 3.05) is 5.73 Å². The van der Waals surface area contributed by atoms with Crippen LogP contribution in [0, 0.1) is 0 Å². The largest absolute Gasteiger partial charge is 0.506 e. The van der Waals surface area contributed by atoms with E-state index in [9.17, 15) is 10.2 Å². The molecule has 4 nitrogen and oxygen atoms in total. The van der Waals surface area contributed by atoms with Crippen molar-refractivity contribution in [1.82, 2.24) is 4.98 Å². The van der Waals surface area contributed by atoms with E-state index in [0.29, 0.717) is 10.0 Å². The smallest absolute Gasteiger partial charge is 0.180 e. The SMILES string of the molecule is Nc1ncc(-c2c(O)c(Cl)c(Cl)c(O)c2Cl)s1. The van der Waals surface area contributed by atoms with Gasteiger partial charge in [-0.25, -0.2) is 4.98 Å². The Balaban J connectivity index is 2.78. The third-order valence-corrected chi connectivity index (χ3v) is 4.09. The average Bonchev–Trinajstić information content (AvgIpc) is 2.71. The summed E-state index contributed by atoms with van der Waals surface area (Å²) in [5.74, 6) is -0.707. The summed E-state index contributed by atoms with van der Waals surface area (Å²) in [5.41, 5.74) is 5.64. The van der Waals surface area contributed by atoms with Crippen LogP contribution in [0.4, 0.5) is 5.13 Å². The number of rotatable bonds is 1. The van der Waals surface area contributed by atoms with Gasteiger partial charge in [0, 0.05) is 6.20 Å². The highest BCUT2D eigenvalue weighted by Crippen LogP contribution is 2.51. The second-order valence-electron chi connectivity index (χ2n) is 3.08. The number of phenolic OH excluding ortho intramolecular Hbond substituents is 2. The van der Waals surface area contributed by atoms with Crippen LogP contribution in [-0.4, -0.2) is 15.2 Å². The number of nitrogens with two attached hydrogens (primary N) is 1. The molecule has 17 heavy (non-hydrogen) atoms. The molecule has 0 amide bonds. The van der Waals surface area contributed by atoms with Crippen LogP contribution in [0.1, 0.15) is 0 Å². The normalized spacial score (nSPS) is 10.8. The van der Waals surface area contributed by atoms with E-state index < -0.39 is 5.75 Å². The molecule has 1 aromatic carbocycles. The van der Waals surface area contributed by atoms with E-state index in [1.807, 2.05) is 0 Å². The zero-order valence-corrected chi connectivity index (χ0v) is 11.1. The Kier molecular flexibility index (Phi) is 3.27. The fourth-order valence-electron chi connectivity index (χ4n) is 1.26. The van der Waals surface area contributed by atoms with Crippen molar-refractivity contribution in [1.29, 1.82) is 0 Å². The van der Waals surface area contributed by atoms with Gasteiger partial charge in [0.2, 0.25) is 0 Å². The Morgan fingerprint density at radius 2 is 1.65 bits per heavy atom. The summed E-state index contributed by atoms with van der Waals surface area (Å²) in [6, 6.07) is 0. The average molecular weight is 312 g/mol. The summed E-state index contributed by atoms with van der Waals surface area (Å²) >= 11 is 18.5. The summed E-state index contributed by atoms with van der Waals surface area (Å²) < 4.78 is 0. The van der Waals surface area contributed by atoms with Gasteiger partial charge in [0.15, 0.2) is 10.9 Å². The Morgan fingerprint density at radius 1 is 1.06 bits per heavy atom. The molecule has 90 valence electrons. The van der Waals surface area contributed by atoms with Crippen LogP contribution < -0.4 is 5.73 Å². The molecule has 0 radical (unpaired) electrons. The van der Waals surface area contributed by atoms with Gasteiger partial charge in [0.25, 0.3) is 0 Å². The molecule has 2 aromatic rings. The van der Waals surface area contributed by atoms with Crippen molar-refractivity contribution in [2.45, 2.75) is 0 Å². The third-order valence-electron chi connectivity index (χ3n) is 2.04. The van der Waals surface area contributed by atoms with Crippen molar-refractivity contribution in [3.05, 3.63) is 21.3 Å². The first-order valence-corrected chi connectivity index (χ1v) is 6.18. The third kappa shape index (κ3) is 1.99. The molecule has 1 aromatic heterocycles. The Bertz CT molecular complexity index is 571. The number of anilines is 1. The molecule has 4 N–H and O–H groups in total. The van der Waals surface area contributed by atoms with Gasteiger partial charge in [-0.05, 0) is 0 Å². The van der Waals surface area contributed by atoms with Crippen molar-refractivity contribution in [3.63, 3.8) is 0 Å². The van der Waals surface area contributed by atoms with Gasteiger partial charge in [-0.3, -0.25) is 0 Å². The fourth-order valence-corrected chi connectivity index (χ4v) is 2.76. The van der Waals surface area contributed by atoms with Crippen LogP contribution in [0.25, 0.3) is 10.4 Å². The predicted molar refractivity (Wildman–Crippen MR) is 70.3 cm³/mol. The lowest BCUT2D eigenvalue weighted by Crippen LogP contribution is -1.83. The molecule has 0 aliphatic carbocycles. The van der Waals surface area contributed by atoms with Gasteiger partial charge in [-0.2, -0.15) is 0 Å². The van der Waals surface area contributed by atoms with Gasteiger partial charge >= 0.3 is 0 Å². The van der Waals surface area contributed by atoms with E-state index in [4.69, 9.17) is 40.5 Å². The minimum Gasteiger partial charge on any atom is -0.506 e. The van der Waals surface area contributed by atoms with E-state index in [2.05, 4.69) is 4.98 Å². The number of thiazole rings is 1. The Morgan fingerprint density at radius 3 is 2.18 bits per heavy atom. The fraction of sp³-hybridized carbons (Fsp3) is 0. The monoisotopic (exact) mass is 310 g/mol. The lowest BCUT2D eigenvalue weighted by Gasteiger charge is -2.10. The van der Waals surface area contributed by atoms with Crippen molar-refractivity contribution in [3.8, 4) is 21.9 Å². The molecule has 1 heterocycles. The minimum atomic E-state index is -0.391. The molecule has 0 aliphatic rings. The molecule has 0 fully saturated rings. The lowest BCUT2D eigenvalue weighted by atomic mass is 10.1. The van der Waals surface area contributed by atoms with Crippen LogP contribution in [-0.2, 0) is 0 Å². The molecule has 0 atom stereocenters. The van der Waals surface area contributed by atoms with Crippen LogP contribution in [0.5, 0.6) is 11.5 Å². The van der Waals surface area contributed by atoms with Crippen molar-refractivity contribution < 1.29 is 10.2 Å². The zero-order chi connectivity index (χ0) is 12.7. The number of halogens is 3. The highest BCUT2D eigenvalue weighted by atomic mass is 35.5. The summed E-state index contributed by atoms with van der Waals surface area (Å²) in [6.07, 6.45) is 1.42. The van der Waals surface area contributed by atoms with Gasteiger partial charge in [-0.1, -0.05) is 46.1 Å². The van der Waals surface area contributed by atoms with E-state index in [1.54, 1.807) is 0 Å². The Hall–Kier alpha value is -0.880. The lowest BCUT2D eigenvalue weighted by molar-refractivity contribution is 0.462. The van der Waals surface area contributed by atoms with Gasteiger partial charge in [0.05, 0.1) is 15.5 Å². The topological polar surface area (TPSA) is 79.4 Å². The van der Waals surface area contributed by atoms with E-state index in [0.717, 1.165) is 11.3 Å². The van der Waals surface area contributed by atoms with Crippen molar-refractivity contribution in [2.24, 2.45) is 0 Å². The van der Waals surface area contributed by atoms with E-state index in [1.165, 1.54) is 6.20 Å². The first-order chi connectivity index (χ1) is 7.93.